The van der Waals surface area contributed by atoms with Crippen LogP contribution in [0.2, 0.25) is 0 Å². The molecule has 29 heavy (non-hydrogen) atoms. The highest BCUT2D eigenvalue weighted by Gasteiger charge is 2.21. The number of carbonyl (C=O) groups excluding carboxylic acids is 1. The molecule has 2 aromatic rings. The molecule has 0 aliphatic rings. The first kappa shape index (κ1) is 23.0. The number of sulfonamides is 1. The van der Waals surface area contributed by atoms with Gasteiger partial charge in [0.15, 0.2) is 0 Å². The normalized spacial score (nSPS) is 12.8. The third kappa shape index (κ3) is 5.85. The molecule has 0 heterocycles. The van der Waals surface area contributed by atoms with E-state index in [-0.39, 0.29) is 29.1 Å². The van der Waals surface area contributed by atoms with Gasteiger partial charge in [-0.25, -0.2) is 12.8 Å². The van der Waals surface area contributed by atoms with Gasteiger partial charge in [-0.05, 0) is 49.2 Å². The number of anilines is 1. The van der Waals surface area contributed by atoms with Crippen molar-refractivity contribution in [2.75, 3.05) is 25.0 Å². The van der Waals surface area contributed by atoms with Crippen molar-refractivity contribution in [3.63, 3.8) is 0 Å². The molecule has 8 heteroatoms. The van der Waals surface area contributed by atoms with Crippen LogP contribution in [0.25, 0.3) is 0 Å². The third-order valence-electron chi connectivity index (χ3n) is 4.69. The zero-order chi connectivity index (χ0) is 21.6. The Bertz CT molecular complexity index is 942. The summed E-state index contributed by atoms with van der Waals surface area (Å²) in [5.41, 5.74) is 1.76. The van der Waals surface area contributed by atoms with Gasteiger partial charge < -0.3 is 10.6 Å². The second-order valence-corrected chi connectivity index (χ2v) is 8.73. The van der Waals surface area contributed by atoms with Crippen molar-refractivity contribution in [1.82, 2.24) is 9.62 Å². The maximum atomic E-state index is 13.8. The van der Waals surface area contributed by atoms with Crippen LogP contribution in [-0.4, -0.2) is 38.3 Å². The van der Waals surface area contributed by atoms with E-state index in [2.05, 4.69) is 10.6 Å². The molecular weight excluding hydrogens is 393 g/mol. The molecule has 0 saturated carbocycles. The molecular formula is C21H28FN3O3S. The first-order valence-electron chi connectivity index (χ1n) is 9.58. The molecule has 0 aliphatic carbocycles. The Morgan fingerprint density at radius 3 is 2.28 bits per heavy atom. The summed E-state index contributed by atoms with van der Waals surface area (Å²) < 4.78 is 40.3. The van der Waals surface area contributed by atoms with Crippen LogP contribution in [0, 0.1) is 12.7 Å². The fourth-order valence-electron chi connectivity index (χ4n) is 2.92. The summed E-state index contributed by atoms with van der Waals surface area (Å²) in [5, 5.41) is 5.60. The lowest BCUT2D eigenvalue weighted by molar-refractivity contribution is -0.115. The van der Waals surface area contributed by atoms with Gasteiger partial charge in [0.25, 0.3) is 0 Å². The molecule has 1 atom stereocenters. The Kier molecular flexibility index (Phi) is 7.89. The van der Waals surface area contributed by atoms with Gasteiger partial charge >= 0.3 is 0 Å². The van der Waals surface area contributed by atoms with E-state index < -0.39 is 15.8 Å². The summed E-state index contributed by atoms with van der Waals surface area (Å²) in [4.78, 5) is 12.3. The third-order valence-corrected chi connectivity index (χ3v) is 6.75. The fraction of sp³-hybridized carbons (Fsp3) is 0.381. The van der Waals surface area contributed by atoms with Crippen LogP contribution in [0.1, 0.15) is 37.9 Å². The number of nitrogens with zero attached hydrogens (tertiary/aromatic N) is 1. The van der Waals surface area contributed by atoms with Crippen molar-refractivity contribution in [2.24, 2.45) is 0 Å². The van der Waals surface area contributed by atoms with Gasteiger partial charge in [0.05, 0.1) is 17.1 Å². The van der Waals surface area contributed by atoms with Gasteiger partial charge in [0, 0.05) is 19.1 Å². The monoisotopic (exact) mass is 421 g/mol. The number of nitrogens with one attached hydrogen (secondary N) is 2. The smallest absolute Gasteiger partial charge is 0.243 e. The van der Waals surface area contributed by atoms with E-state index in [1.807, 2.05) is 6.92 Å². The molecule has 0 radical (unpaired) electrons. The largest absolute Gasteiger partial charge is 0.322 e. The van der Waals surface area contributed by atoms with Crippen molar-refractivity contribution in [2.45, 2.75) is 38.6 Å². The molecule has 2 aromatic carbocycles. The molecule has 2 rings (SSSR count). The minimum atomic E-state index is -3.50. The lowest BCUT2D eigenvalue weighted by Crippen LogP contribution is -2.31. The quantitative estimate of drug-likeness (QED) is 0.650. The molecule has 158 valence electrons. The number of hydrogen-bond donors (Lipinski definition) is 2. The van der Waals surface area contributed by atoms with Gasteiger partial charge in [-0.15, -0.1) is 0 Å². The molecule has 0 bridgehead atoms. The first-order chi connectivity index (χ1) is 13.7. The van der Waals surface area contributed by atoms with Crippen molar-refractivity contribution in [3.05, 3.63) is 59.4 Å². The van der Waals surface area contributed by atoms with Crippen LogP contribution < -0.4 is 10.6 Å². The van der Waals surface area contributed by atoms with Crippen molar-refractivity contribution >= 4 is 21.6 Å². The van der Waals surface area contributed by atoms with Crippen LogP contribution in [0.3, 0.4) is 0 Å². The average Bonchev–Trinajstić information content (AvgIpc) is 2.69. The minimum absolute atomic E-state index is 0.00597. The second kappa shape index (κ2) is 9.96. The van der Waals surface area contributed by atoms with E-state index >= 15 is 0 Å². The predicted octanol–water partition coefficient (Wildman–Crippen LogP) is 3.45. The van der Waals surface area contributed by atoms with Crippen molar-refractivity contribution < 1.29 is 17.6 Å². The number of rotatable bonds is 9. The van der Waals surface area contributed by atoms with Crippen LogP contribution in [0.15, 0.2) is 47.4 Å². The predicted molar refractivity (Wildman–Crippen MR) is 113 cm³/mol. The lowest BCUT2D eigenvalue weighted by Gasteiger charge is -2.19. The number of benzene rings is 2. The number of aryl methyl sites for hydroxylation is 1. The summed E-state index contributed by atoms with van der Waals surface area (Å²) >= 11 is 0. The Hall–Kier alpha value is -2.29. The highest BCUT2D eigenvalue weighted by atomic mass is 32.2. The maximum absolute atomic E-state index is 13.8. The molecule has 2 N–H and O–H groups in total. The van der Waals surface area contributed by atoms with E-state index in [1.54, 1.807) is 51.1 Å². The average molecular weight is 422 g/mol. The zero-order valence-electron chi connectivity index (χ0n) is 17.2. The SMILES string of the molecule is CCN(CC)S(=O)(=O)c1ccc([C@H](C)NCC(=O)Nc2ccc(C)cc2F)cc1. The Balaban J connectivity index is 1.97. The summed E-state index contributed by atoms with van der Waals surface area (Å²) in [6.45, 7) is 8.06. The molecule has 0 spiro atoms. The number of amides is 1. The van der Waals surface area contributed by atoms with E-state index in [1.165, 1.54) is 16.4 Å². The molecule has 6 nitrogen and oxygen atoms in total. The van der Waals surface area contributed by atoms with Crippen molar-refractivity contribution in [1.29, 1.82) is 0 Å². The van der Waals surface area contributed by atoms with Crippen LogP contribution in [0.4, 0.5) is 10.1 Å². The highest BCUT2D eigenvalue weighted by molar-refractivity contribution is 7.89. The molecule has 0 saturated heterocycles. The number of carbonyl (C=O) groups is 1. The van der Waals surface area contributed by atoms with Gasteiger partial charge in [-0.3, -0.25) is 4.79 Å². The number of hydrogen-bond acceptors (Lipinski definition) is 4. The lowest BCUT2D eigenvalue weighted by atomic mass is 10.1. The van der Waals surface area contributed by atoms with Gasteiger partial charge in [0.2, 0.25) is 15.9 Å². The van der Waals surface area contributed by atoms with Gasteiger partial charge in [-0.1, -0.05) is 32.0 Å². The summed E-state index contributed by atoms with van der Waals surface area (Å²) in [6.07, 6.45) is 0. The Labute approximate surface area is 172 Å². The maximum Gasteiger partial charge on any atom is 0.243 e. The topological polar surface area (TPSA) is 78.5 Å². The van der Waals surface area contributed by atoms with E-state index in [9.17, 15) is 17.6 Å². The standard InChI is InChI=1S/C21H28FN3O3S/c1-5-25(6-2)29(27,28)18-10-8-17(9-11-18)16(4)23-14-21(26)24-20-12-7-15(3)13-19(20)22/h7-13,16,23H,5-6,14H2,1-4H3,(H,24,26)/t16-/m0/s1. The van der Waals surface area contributed by atoms with Gasteiger partial charge in [0.1, 0.15) is 5.82 Å². The molecule has 0 unspecified atom stereocenters. The van der Waals surface area contributed by atoms with Crippen LogP contribution in [-0.2, 0) is 14.8 Å². The van der Waals surface area contributed by atoms with E-state index in [0.29, 0.717) is 13.1 Å². The van der Waals surface area contributed by atoms with Crippen molar-refractivity contribution in [3.8, 4) is 0 Å². The van der Waals surface area contributed by atoms with Crippen LogP contribution in [0.5, 0.6) is 0 Å². The summed E-state index contributed by atoms with van der Waals surface area (Å²) in [7, 11) is -3.50. The van der Waals surface area contributed by atoms with Crippen LogP contribution >= 0.6 is 0 Å². The fourth-order valence-corrected chi connectivity index (χ4v) is 4.38. The molecule has 0 aromatic heterocycles. The molecule has 1 amide bonds. The minimum Gasteiger partial charge on any atom is -0.322 e. The van der Waals surface area contributed by atoms with Gasteiger partial charge in [-0.2, -0.15) is 4.31 Å². The number of halogens is 1. The highest BCUT2D eigenvalue weighted by Crippen LogP contribution is 2.19. The summed E-state index contributed by atoms with van der Waals surface area (Å²) in [5.74, 6) is -0.836. The Morgan fingerprint density at radius 2 is 1.72 bits per heavy atom. The molecule has 0 fully saturated rings. The molecule has 0 aliphatic heterocycles. The van der Waals surface area contributed by atoms with E-state index in [0.717, 1.165) is 11.1 Å². The summed E-state index contributed by atoms with van der Waals surface area (Å²) in [6, 6.07) is 11.0. The first-order valence-corrected chi connectivity index (χ1v) is 11.0. The zero-order valence-corrected chi connectivity index (χ0v) is 18.0. The second-order valence-electron chi connectivity index (χ2n) is 6.79. The Morgan fingerprint density at radius 1 is 1.10 bits per heavy atom. The van der Waals surface area contributed by atoms with E-state index in [4.69, 9.17) is 0 Å².